The summed E-state index contributed by atoms with van der Waals surface area (Å²) in [5, 5.41) is 3.39. The summed E-state index contributed by atoms with van der Waals surface area (Å²) in [6.07, 6.45) is 3.64. The molecule has 40 heavy (non-hydrogen) atoms. The SMILES string of the molecule is COC(=O)C(Cc1ccc(OCc2ccc(F)cc2)cc1)NC(=O)c1cn2ccc(-c3ccc(Cl)cc3)cc2n1. The van der Waals surface area contributed by atoms with Gasteiger partial charge in [-0.1, -0.05) is 48.0 Å². The molecule has 0 fully saturated rings. The standard InChI is InChI=1S/C31H25ClFN3O4/c1-39-31(38)27(16-20-4-12-26(13-5-20)40-19-21-2-10-25(33)11-3-21)35-30(37)28-18-36-15-14-23(17-29(36)34-28)22-6-8-24(32)9-7-22/h2-15,17-18,27H,16,19H2,1H3,(H,35,37). The summed E-state index contributed by atoms with van der Waals surface area (Å²) >= 11 is 5.99. The second kappa shape index (κ2) is 12.0. The van der Waals surface area contributed by atoms with Crippen LogP contribution in [0.3, 0.4) is 0 Å². The lowest BCUT2D eigenvalue weighted by molar-refractivity contribution is -0.142. The summed E-state index contributed by atoms with van der Waals surface area (Å²) in [4.78, 5) is 30.0. The van der Waals surface area contributed by atoms with Crippen LogP contribution in [0.4, 0.5) is 4.39 Å². The fourth-order valence-electron chi connectivity index (χ4n) is 4.19. The van der Waals surface area contributed by atoms with Crippen molar-refractivity contribution < 1.29 is 23.5 Å². The fraction of sp³-hybridized carbons (Fsp3) is 0.129. The molecule has 0 aliphatic heterocycles. The average molecular weight is 558 g/mol. The topological polar surface area (TPSA) is 81.9 Å². The predicted octanol–water partition coefficient (Wildman–Crippen LogP) is 5.89. The number of nitrogens with one attached hydrogen (secondary N) is 1. The van der Waals surface area contributed by atoms with E-state index in [-0.39, 0.29) is 17.9 Å². The highest BCUT2D eigenvalue weighted by atomic mass is 35.5. The number of hydrogen-bond donors (Lipinski definition) is 1. The normalized spacial score (nSPS) is 11.7. The molecule has 9 heteroatoms. The lowest BCUT2D eigenvalue weighted by atomic mass is 10.1. The number of esters is 1. The van der Waals surface area contributed by atoms with Crippen LogP contribution in [0.1, 0.15) is 21.6 Å². The number of amides is 1. The van der Waals surface area contributed by atoms with Crippen LogP contribution in [0.5, 0.6) is 5.75 Å². The van der Waals surface area contributed by atoms with Crippen molar-refractivity contribution in [3.63, 3.8) is 0 Å². The van der Waals surface area contributed by atoms with Gasteiger partial charge < -0.3 is 19.2 Å². The molecule has 202 valence electrons. The Hall–Kier alpha value is -4.69. The zero-order valence-corrected chi connectivity index (χ0v) is 22.3. The molecule has 0 radical (unpaired) electrons. The third kappa shape index (κ3) is 6.47. The highest BCUT2D eigenvalue weighted by molar-refractivity contribution is 6.30. The van der Waals surface area contributed by atoms with E-state index in [1.807, 2.05) is 54.7 Å². The van der Waals surface area contributed by atoms with Gasteiger partial charge >= 0.3 is 5.97 Å². The van der Waals surface area contributed by atoms with Gasteiger partial charge in [-0.2, -0.15) is 0 Å². The van der Waals surface area contributed by atoms with Gasteiger partial charge in [-0.3, -0.25) is 4.79 Å². The molecule has 0 bridgehead atoms. The quantitative estimate of drug-likeness (QED) is 0.229. The Bertz CT molecular complexity index is 1630. The number of carbonyl (C=O) groups excluding carboxylic acids is 2. The van der Waals surface area contributed by atoms with Gasteiger partial charge in [0.05, 0.1) is 7.11 Å². The number of aromatic nitrogens is 2. The maximum absolute atomic E-state index is 13.1. The Labute approximate surface area is 235 Å². The first-order valence-corrected chi connectivity index (χ1v) is 12.9. The van der Waals surface area contributed by atoms with E-state index in [1.54, 1.807) is 34.9 Å². The molecule has 0 saturated heterocycles. The maximum Gasteiger partial charge on any atom is 0.328 e. The second-order valence-electron chi connectivity index (χ2n) is 9.13. The minimum atomic E-state index is -0.919. The maximum atomic E-state index is 13.1. The summed E-state index contributed by atoms with van der Waals surface area (Å²) in [6.45, 7) is 0.292. The van der Waals surface area contributed by atoms with Crippen molar-refractivity contribution in [2.75, 3.05) is 7.11 Å². The van der Waals surface area contributed by atoms with Crippen LogP contribution < -0.4 is 10.1 Å². The van der Waals surface area contributed by atoms with Crippen molar-refractivity contribution in [1.82, 2.24) is 14.7 Å². The number of ether oxygens (including phenoxy) is 2. The molecule has 1 N–H and O–H groups in total. The highest BCUT2D eigenvalue weighted by Crippen LogP contribution is 2.23. The van der Waals surface area contributed by atoms with E-state index in [0.29, 0.717) is 23.0 Å². The van der Waals surface area contributed by atoms with Gasteiger partial charge in [0.1, 0.15) is 35.6 Å². The van der Waals surface area contributed by atoms with Crippen LogP contribution in [0.2, 0.25) is 5.02 Å². The van der Waals surface area contributed by atoms with Gasteiger partial charge in [0.15, 0.2) is 0 Å². The number of halogens is 2. The van der Waals surface area contributed by atoms with Crippen molar-refractivity contribution in [2.24, 2.45) is 0 Å². The molecule has 0 saturated carbocycles. The minimum absolute atomic E-state index is 0.173. The van der Waals surface area contributed by atoms with Gasteiger partial charge in [-0.05, 0) is 70.8 Å². The van der Waals surface area contributed by atoms with Gasteiger partial charge in [-0.25, -0.2) is 14.2 Å². The number of rotatable bonds is 9. The molecular formula is C31H25ClFN3O4. The molecule has 5 rings (SSSR count). The fourth-order valence-corrected chi connectivity index (χ4v) is 4.31. The number of carbonyl (C=O) groups is 2. The summed E-state index contributed by atoms with van der Waals surface area (Å²) < 4.78 is 25.5. The molecule has 0 aliphatic rings. The lowest BCUT2D eigenvalue weighted by Gasteiger charge is -2.16. The Kier molecular flexibility index (Phi) is 8.07. The zero-order chi connectivity index (χ0) is 28.1. The third-order valence-electron chi connectivity index (χ3n) is 6.34. The summed E-state index contributed by atoms with van der Waals surface area (Å²) in [7, 11) is 1.27. The largest absolute Gasteiger partial charge is 0.489 e. The van der Waals surface area contributed by atoms with E-state index < -0.39 is 17.9 Å². The van der Waals surface area contributed by atoms with Crippen molar-refractivity contribution in [3.05, 3.63) is 125 Å². The first kappa shape index (κ1) is 26.9. The van der Waals surface area contributed by atoms with E-state index in [9.17, 15) is 14.0 Å². The molecule has 5 aromatic rings. The molecule has 2 aromatic heterocycles. The number of fused-ring (bicyclic) bond motifs is 1. The molecule has 1 atom stereocenters. The van der Waals surface area contributed by atoms with E-state index in [0.717, 1.165) is 22.3 Å². The molecule has 3 aromatic carbocycles. The van der Waals surface area contributed by atoms with Crippen molar-refractivity contribution in [3.8, 4) is 16.9 Å². The highest BCUT2D eigenvalue weighted by Gasteiger charge is 2.24. The monoisotopic (exact) mass is 557 g/mol. The van der Waals surface area contributed by atoms with Crippen LogP contribution >= 0.6 is 11.6 Å². The molecule has 0 aliphatic carbocycles. The molecule has 7 nitrogen and oxygen atoms in total. The zero-order valence-electron chi connectivity index (χ0n) is 21.5. The number of hydrogen-bond acceptors (Lipinski definition) is 5. The first-order chi connectivity index (χ1) is 19.4. The Morgan fingerprint density at radius 3 is 2.35 bits per heavy atom. The van der Waals surface area contributed by atoms with E-state index in [1.165, 1.54) is 19.2 Å². The van der Waals surface area contributed by atoms with Crippen LogP contribution in [0.15, 0.2) is 97.3 Å². The smallest absolute Gasteiger partial charge is 0.328 e. The van der Waals surface area contributed by atoms with Crippen LogP contribution in [-0.2, 0) is 22.6 Å². The number of nitrogens with zero attached hydrogens (tertiary/aromatic N) is 2. The van der Waals surface area contributed by atoms with Crippen LogP contribution in [0.25, 0.3) is 16.8 Å². The second-order valence-corrected chi connectivity index (χ2v) is 9.56. The first-order valence-electron chi connectivity index (χ1n) is 12.5. The number of benzene rings is 3. The van der Waals surface area contributed by atoms with Gasteiger partial charge in [0.2, 0.25) is 0 Å². The molecular weight excluding hydrogens is 533 g/mol. The summed E-state index contributed by atoms with van der Waals surface area (Å²) in [5.74, 6) is -0.746. The molecule has 0 spiro atoms. The van der Waals surface area contributed by atoms with Crippen molar-refractivity contribution in [2.45, 2.75) is 19.1 Å². The number of pyridine rings is 1. The Morgan fingerprint density at radius 1 is 0.950 bits per heavy atom. The molecule has 2 heterocycles. The van der Waals surface area contributed by atoms with Crippen LogP contribution in [-0.4, -0.2) is 34.4 Å². The number of methoxy groups -OCH3 is 1. The number of imidazole rings is 1. The van der Waals surface area contributed by atoms with Crippen molar-refractivity contribution >= 4 is 29.1 Å². The third-order valence-corrected chi connectivity index (χ3v) is 6.60. The van der Waals surface area contributed by atoms with E-state index in [4.69, 9.17) is 21.1 Å². The van der Waals surface area contributed by atoms with E-state index in [2.05, 4.69) is 10.3 Å². The van der Waals surface area contributed by atoms with Gasteiger partial charge in [0.25, 0.3) is 5.91 Å². The predicted molar refractivity (Wildman–Crippen MR) is 150 cm³/mol. The average Bonchev–Trinajstić information content (AvgIpc) is 3.41. The summed E-state index contributed by atoms with van der Waals surface area (Å²) in [6, 6.07) is 23.6. The van der Waals surface area contributed by atoms with Gasteiger partial charge in [-0.15, -0.1) is 0 Å². The Balaban J connectivity index is 1.25. The van der Waals surface area contributed by atoms with Crippen LogP contribution in [0, 0.1) is 5.82 Å². The van der Waals surface area contributed by atoms with E-state index >= 15 is 0 Å². The van der Waals surface area contributed by atoms with Gasteiger partial charge in [0, 0.05) is 23.8 Å². The molecule has 1 amide bonds. The lowest BCUT2D eigenvalue weighted by Crippen LogP contribution is -2.43. The minimum Gasteiger partial charge on any atom is -0.489 e. The Morgan fingerprint density at radius 2 is 1.65 bits per heavy atom. The summed E-state index contributed by atoms with van der Waals surface area (Å²) in [5.41, 5.74) is 4.30. The molecule has 1 unspecified atom stereocenters. The van der Waals surface area contributed by atoms with Crippen molar-refractivity contribution in [1.29, 1.82) is 0 Å².